The summed E-state index contributed by atoms with van der Waals surface area (Å²) < 4.78 is 0. The van der Waals surface area contributed by atoms with Crippen LogP contribution in [-0.4, -0.2) is 59.2 Å². The third kappa shape index (κ3) is 3.60. The summed E-state index contributed by atoms with van der Waals surface area (Å²) in [6, 6.07) is 15.1. The van der Waals surface area contributed by atoms with Crippen LogP contribution in [0.4, 0.5) is 0 Å². The van der Waals surface area contributed by atoms with Gasteiger partial charge in [-0.1, -0.05) is 48.0 Å². The predicted octanol–water partition coefficient (Wildman–Crippen LogP) is 1.73. The van der Waals surface area contributed by atoms with Gasteiger partial charge in [0.25, 0.3) is 5.91 Å². The number of nitrogens with one attached hydrogen (secondary N) is 1. The van der Waals surface area contributed by atoms with Gasteiger partial charge in [-0.2, -0.15) is 0 Å². The van der Waals surface area contributed by atoms with Gasteiger partial charge in [0.2, 0.25) is 11.8 Å². The Morgan fingerprint density at radius 1 is 1.07 bits per heavy atom. The molecule has 2 heterocycles. The van der Waals surface area contributed by atoms with Gasteiger partial charge in [0.15, 0.2) is 0 Å². The minimum Gasteiger partial charge on any atom is -0.342 e. The number of rotatable bonds is 3. The maximum Gasteiger partial charge on any atom is 0.254 e. The van der Waals surface area contributed by atoms with Crippen molar-refractivity contribution in [2.45, 2.75) is 18.5 Å². The zero-order chi connectivity index (χ0) is 19.7. The second-order valence-electron chi connectivity index (χ2n) is 7.06. The SMILES string of the molecule is O=C1N[C@H](Cc2ccccc2)C(=O)N2CCN(C(=O)c3cccc(Cl)c3)C[C@H]12. The van der Waals surface area contributed by atoms with E-state index in [2.05, 4.69) is 5.32 Å². The highest BCUT2D eigenvalue weighted by atomic mass is 35.5. The Labute approximate surface area is 168 Å². The molecule has 28 heavy (non-hydrogen) atoms. The number of nitrogens with zero attached hydrogens (tertiary/aromatic N) is 2. The fourth-order valence-corrected chi connectivity index (χ4v) is 3.97. The molecule has 4 rings (SSSR count). The molecule has 0 aliphatic carbocycles. The lowest BCUT2D eigenvalue weighted by Gasteiger charge is -2.45. The van der Waals surface area contributed by atoms with Gasteiger partial charge in [-0.3, -0.25) is 14.4 Å². The Morgan fingerprint density at radius 3 is 2.61 bits per heavy atom. The van der Waals surface area contributed by atoms with Crippen LogP contribution in [0, 0.1) is 0 Å². The van der Waals surface area contributed by atoms with Gasteiger partial charge in [0.05, 0.1) is 6.54 Å². The largest absolute Gasteiger partial charge is 0.342 e. The van der Waals surface area contributed by atoms with E-state index in [1.165, 1.54) is 0 Å². The first-order valence-electron chi connectivity index (χ1n) is 9.22. The molecule has 1 N–H and O–H groups in total. The van der Waals surface area contributed by atoms with E-state index >= 15 is 0 Å². The molecule has 0 saturated carbocycles. The van der Waals surface area contributed by atoms with Crippen LogP contribution in [0.1, 0.15) is 15.9 Å². The second-order valence-corrected chi connectivity index (χ2v) is 7.50. The minimum atomic E-state index is -0.656. The molecule has 144 valence electrons. The van der Waals surface area contributed by atoms with Gasteiger partial charge < -0.3 is 15.1 Å². The lowest BCUT2D eigenvalue weighted by atomic mass is 9.98. The quantitative estimate of drug-likeness (QED) is 0.857. The van der Waals surface area contributed by atoms with Crippen molar-refractivity contribution in [2.75, 3.05) is 19.6 Å². The van der Waals surface area contributed by atoms with Crippen molar-refractivity contribution in [1.82, 2.24) is 15.1 Å². The molecule has 0 spiro atoms. The Bertz CT molecular complexity index is 918. The molecule has 2 fully saturated rings. The summed E-state index contributed by atoms with van der Waals surface area (Å²) in [5, 5.41) is 3.32. The van der Waals surface area contributed by atoms with Crippen LogP contribution in [0.3, 0.4) is 0 Å². The summed E-state index contributed by atoms with van der Waals surface area (Å²) in [6.45, 7) is 0.911. The minimum absolute atomic E-state index is 0.0942. The zero-order valence-electron chi connectivity index (χ0n) is 15.2. The lowest BCUT2D eigenvalue weighted by molar-refractivity contribution is -0.152. The van der Waals surface area contributed by atoms with Crippen molar-refractivity contribution in [3.8, 4) is 0 Å². The summed E-state index contributed by atoms with van der Waals surface area (Å²) in [5.41, 5.74) is 1.47. The predicted molar refractivity (Wildman–Crippen MR) is 105 cm³/mol. The van der Waals surface area contributed by atoms with Crippen molar-refractivity contribution in [1.29, 1.82) is 0 Å². The van der Waals surface area contributed by atoms with Gasteiger partial charge in [-0.15, -0.1) is 0 Å². The number of fused-ring (bicyclic) bond motifs is 1. The molecule has 0 bridgehead atoms. The molecule has 2 aliphatic heterocycles. The van der Waals surface area contributed by atoms with Crippen molar-refractivity contribution in [3.05, 3.63) is 70.7 Å². The van der Waals surface area contributed by atoms with E-state index in [1.807, 2.05) is 30.3 Å². The van der Waals surface area contributed by atoms with Crippen molar-refractivity contribution in [3.63, 3.8) is 0 Å². The number of carbonyl (C=O) groups excluding carboxylic acids is 3. The third-order valence-electron chi connectivity index (χ3n) is 5.22. The molecular formula is C21H20ClN3O3. The highest BCUT2D eigenvalue weighted by Gasteiger charge is 2.44. The van der Waals surface area contributed by atoms with Crippen LogP contribution in [0.15, 0.2) is 54.6 Å². The molecule has 2 aliphatic rings. The monoisotopic (exact) mass is 397 g/mol. The molecule has 2 aromatic rings. The number of hydrogen-bond acceptors (Lipinski definition) is 3. The van der Waals surface area contributed by atoms with E-state index in [0.717, 1.165) is 5.56 Å². The standard InChI is InChI=1S/C21H20ClN3O3/c22-16-8-4-7-15(12-16)20(27)24-9-10-25-18(13-24)19(26)23-17(21(25)28)11-14-5-2-1-3-6-14/h1-8,12,17-18H,9-11,13H2,(H,23,26)/t17-,18-/m1/s1. The lowest BCUT2D eigenvalue weighted by Crippen LogP contribution is -2.70. The van der Waals surface area contributed by atoms with Gasteiger partial charge in [-0.05, 0) is 23.8 Å². The number of halogens is 1. The van der Waals surface area contributed by atoms with Crippen molar-refractivity contribution >= 4 is 29.3 Å². The maximum absolute atomic E-state index is 12.9. The molecule has 2 saturated heterocycles. The summed E-state index contributed by atoms with van der Waals surface area (Å²) in [7, 11) is 0. The average molecular weight is 398 g/mol. The first kappa shape index (κ1) is 18.5. The number of benzene rings is 2. The Balaban J connectivity index is 1.46. The number of amides is 3. The maximum atomic E-state index is 12.9. The van der Waals surface area contributed by atoms with E-state index in [0.29, 0.717) is 30.1 Å². The number of piperazine rings is 2. The molecule has 2 aromatic carbocycles. The normalized spacial score (nSPS) is 21.9. The fraction of sp³-hybridized carbons (Fsp3) is 0.286. The Kier molecular flexibility index (Phi) is 5.05. The van der Waals surface area contributed by atoms with Gasteiger partial charge >= 0.3 is 0 Å². The fourth-order valence-electron chi connectivity index (χ4n) is 3.78. The number of hydrogen-bond donors (Lipinski definition) is 1. The van der Waals surface area contributed by atoms with E-state index < -0.39 is 12.1 Å². The molecule has 7 heteroatoms. The van der Waals surface area contributed by atoms with Crippen molar-refractivity contribution in [2.24, 2.45) is 0 Å². The molecule has 0 aromatic heterocycles. The molecule has 0 unspecified atom stereocenters. The van der Waals surface area contributed by atoms with Crippen molar-refractivity contribution < 1.29 is 14.4 Å². The Morgan fingerprint density at radius 2 is 1.86 bits per heavy atom. The van der Waals surface area contributed by atoms with Crippen LogP contribution < -0.4 is 5.32 Å². The summed E-state index contributed by atoms with van der Waals surface area (Å²) in [4.78, 5) is 41.5. The van der Waals surface area contributed by atoms with E-state index in [1.54, 1.807) is 34.1 Å². The Hall–Kier alpha value is -2.86. The van der Waals surface area contributed by atoms with Gasteiger partial charge in [0.1, 0.15) is 12.1 Å². The third-order valence-corrected chi connectivity index (χ3v) is 5.46. The van der Waals surface area contributed by atoms with Crippen LogP contribution in [-0.2, 0) is 16.0 Å². The van der Waals surface area contributed by atoms with Crippen LogP contribution in [0.25, 0.3) is 0 Å². The highest BCUT2D eigenvalue weighted by Crippen LogP contribution is 2.20. The second kappa shape index (κ2) is 7.64. The summed E-state index contributed by atoms with van der Waals surface area (Å²) in [5.74, 6) is -0.499. The first-order valence-corrected chi connectivity index (χ1v) is 9.60. The molecular weight excluding hydrogens is 378 g/mol. The van der Waals surface area contributed by atoms with Crippen LogP contribution in [0.2, 0.25) is 5.02 Å². The number of carbonyl (C=O) groups is 3. The van der Waals surface area contributed by atoms with E-state index in [-0.39, 0.29) is 24.3 Å². The topological polar surface area (TPSA) is 69.7 Å². The molecule has 6 nitrogen and oxygen atoms in total. The smallest absolute Gasteiger partial charge is 0.254 e. The van der Waals surface area contributed by atoms with Crippen LogP contribution >= 0.6 is 11.6 Å². The van der Waals surface area contributed by atoms with Gasteiger partial charge in [0, 0.05) is 30.1 Å². The molecule has 0 radical (unpaired) electrons. The molecule has 2 atom stereocenters. The highest BCUT2D eigenvalue weighted by molar-refractivity contribution is 6.31. The summed E-state index contributed by atoms with van der Waals surface area (Å²) >= 11 is 5.98. The van der Waals surface area contributed by atoms with Gasteiger partial charge in [-0.25, -0.2) is 0 Å². The average Bonchev–Trinajstić information content (AvgIpc) is 2.71. The van der Waals surface area contributed by atoms with E-state index in [4.69, 9.17) is 11.6 Å². The van der Waals surface area contributed by atoms with Crippen LogP contribution in [0.5, 0.6) is 0 Å². The zero-order valence-corrected chi connectivity index (χ0v) is 15.9. The summed E-state index contributed by atoms with van der Waals surface area (Å²) in [6.07, 6.45) is 0.458. The first-order chi connectivity index (χ1) is 13.5. The van der Waals surface area contributed by atoms with E-state index in [9.17, 15) is 14.4 Å². The molecule has 3 amide bonds.